The van der Waals surface area contributed by atoms with Crippen molar-refractivity contribution in [3.8, 4) is 0 Å². The summed E-state index contributed by atoms with van der Waals surface area (Å²) in [5.74, 6) is 0.123. The van der Waals surface area contributed by atoms with Crippen molar-refractivity contribution in [2.45, 2.75) is 58.7 Å². The van der Waals surface area contributed by atoms with E-state index in [9.17, 15) is 9.59 Å². The second-order valence-corrected chi connectivity index (χ2v) is 9.27. The summed E-state index contributed by atoms with van der Waals surface area (Å²) >= 11 is 0. The van der Waals surface area contributed by atoms with Gasteiger partial charge in [-0.2, -0.15) is 0 Å². The molecule has 168 valence electrons. The smallest absolute Gasteiger partial charge is 0.277 e. The van der Waals surface area contributed by atoms with E-state index in [1.807, 2.05) is 37.1 Å². The Hall–Kier alpha value is -3.00. The van der Waals surface area contributed by atoms with Gasteiger partial charge in [0.25, 0.3) is 5.56 Å². The van der Waals surface area contributed by atoms with Crippen LogP contribution in [0.5, 0.6) is 0 Å². The van der Waals surface area contributed by atoms with Gasteiger partial charge in [-0.05, 0) is 30.9 Å². The number of carbonyl (C=O) groups is 1. The number of pyridine rings is 1. The minimum atomic E-state index is -0.0427. The summed E-state index contributed by atoms with van der Waals surface area (Å²) in [6.07, 6.45) is 7.39. The highest BCUT2D eigenvalue weighted by atomic mass is 16.2. The van der Waals surface area contributed by atoms with Gasteiger partial charge in [0.1, 0.15) is 0 Å². The van der Waals surface area contributed by atoms with Crippen LogP contribution >= 0.6 is 0 Å². The van der Waals surface area contributed by atoms with Crippen LogP contribution in [0.3, 0.4) is 0 Å². The first kappa shape index (κ1) is 20.9. The van der Waals surface area contributed by atoms with E-state index < -0.39 is 0 Å². The van der Waals surface area contributed by atoms with Gasteiger partial charge >= 0.3 is 0 Å². The van der Waals surface area contributed by atoms with Gasteiger partial charge in [0.2, 0.25) is 5.91 Å². The average molecular weight is 435 g/mol. The van der Waals surface area contributed by atoms with E-state index in [0.29, 0.717) is 12.2 Å². The standard InChI is InChI=1S/C24H30N6O2/c1-16(2)23(31)29-10-4-3-7-21(29)20-12-22-26-19-8-11-28(14-17-6-5-9-25-13-17)15-18(19)24(32)30(22)27-20/h5-6,9,12-13,16,21,27H,3-4,7-8,10-11,14-15H2,1-2H3/t21-/m1/s1. The van der Waals surface area contributed by atoms with E-state index in [2.05, 4.69) is 21.0 Å². The molecule has 1 N–H and O–H groups in total. The van der Waals surface area contributed by atoms with Gasteiger partial charge in [-0.25, -0.2) is 9.50 Å². The Labute approximate surface area is 187 Å². The number of piperidine rings is 1. The second-order valence-electron chi connectivity index (χ2n) is 9.27. The van der Waals surface area contributed by atoms with Crippen LogP contribution in [0.25, 0.3) is 5.65 Å². The van der Waals surface area contributed by atoms with Gasteiger partial charge in [-0.1, -0.05) is 19.9 Å². The summed E-state index contributed by atoms with van der Waals surface area (Å²) in [6.45, 7) is 6.85. The van der Waals surface area contributed by atoms with Crippen LogP contribution in [0, 0.1) is 5.92 Å². The minimum Gasteiger partial charge on any atom is -0.334 e. The maximum absolute atomic E-state index is 13.4. The molecule has 32 heavy (non-hydrogen) atoms. The number of hydrogen-bond donors (Lipinski definition) is 1. The molecule has 3 aromatic rings. The van der Waals surface area contributed by atoms with Crippen LogP contribution in [0.4, 0.5) is 0 Å². The van der Waals surface area contributed by atoms with Crippen molar-refractivity contribution < 1.29 is 4.79 Å². The highest BCUT2D eigenvalue weighted by Gasteiger charge is 2.31. The van der Waals surface area contributed by atoms with Crippen molar-refractivity contribution in [2.75, 3.05) is 13.1 Å². The Balaban J connectivity index is 1.45. The maximum Gasteiger partial charge on any atom is 0.277 e. The van der Waals surface area contributed by atoms with Gasteiger partial charge in [0, 0.05) is 57.0 Å². The number of rotatable bonds is 4. The molecule has 5 heterocycles. The third kappa shape index (κ3) is 3.83. The predicted molar refractivity (Wildman–Crippen MR) is 121 cm³/mol. The number of fused-ring (bicyclic) bond motifs is 2. The normalized spacial score (nSPS) is 19.5. The first-order valence-electron chi connectivity index (χ1n) is 11.6. The molecule has 0 aliphatic carbocycles. The first-order chi connectivity index (χ1) is 15.5. The Morgan fingerprint density at radius 3 is 2.94 bits per heavy atom. The molecule has 0 saturated carbocycles. The number of carbonyl (C=O) groups excluding carboxylic acids is 1. The molecule has 8 nitrogen and oxygen atoms in total. The monoisotopic (exact) mass is 434 g/mol. The molecule has 8 heteroatoms. The Morgan fingerprint density at radius 1 is 1.28 bits per heavy atom. The summed E-state index contributed by atoms with van der Waals surface area (Å²) in [5.41, 5.74) is 4.29. The van der Waals surface area contributed by atoms with Crippen molar-refractivity contribution >= 4 is 11.6 Å². The Morgan fingerprint density at radius 2 is 2.16 bits per heavy atom. The molecule has 0 unspecified atom stereocenters. The summed E-state index contributed by atoms with van der Waals surface area (Å²) in [7, 11) is 0. The fraction of sp³-hybridized carbons (Fsp3) is 0.500. The van der Waals surface area contributed by atoms with Crippen molar-refractivity contribution in [3.05, 3.63) is 63.5 Å². The largest absolute Gasteiger partial charge is 0.334 e. The van der Waals surface area contributed by atoms with E-state index in [-0.39, 0.29) is 23.4 Å². The van der Waals surface area contributed by atoms with Crippen molar-refractivity contribution in [2.24, 2.45) is 5.92 Å². The highest BCUT2D eigenvalue weighted by Crippen LogP contribution is 2.31. The van der Waals surface area contributed by atoms with Crippen LogP contribution in [0.1, 0.15) is 61.7 Å². The number of nitrogens with one attached hydrogen (secondary N) is 1. The minimum absolute atomic E-state index is 0.0288. The number of hydrogen-bond acceptors (Lipinski definition) is 5. The molecule has 1 fully saturated rings. The summed E-state index contributed by atoms with van der Waals surface area (Å²) in [6, 6.07) is 5.92. The number of likely N-dealkylation sites (tertiary alicyclic amines) is 1. The molecule has 1 atom stereocenters. The fourth-order valence-electron chi connectivity index (χ4n) is 4.96. The summed E-state index contributed by atoms with van der Waals surface area (Å²) < 4.78 is 1.56. The topological polar surface area (TPSA) is 86.6 Å². The van der Waals surface area contributed by atoms with Gasteiger partial charge in [-0.3, -0.25) is 24.6 Å². The van der Waals surface area contributed by atoms with E-state index in [0.717, 1.165) is 67.8 Å². The zero-order valence-electron chi connectivity index (χ0n) is 18.8. The van der Waals surface area contributed by atoms with Crippen LogP contribution in [0.2, 0.25) is 0 Å². The van der Waals surface area contributed by atoms with E-state index in [4.69, 9.17) is 4.98 Å². The van der Waals surface area contributed by atoms with Crippen molar-refractivity contribution in [3.63, 3.8) is 0 Å². The molecule has 2 aliphatic heterocycles. The zero-order valence-corrected chi connectivity index (χ0v) is 18.8. The lowest BCUT2D eigenvalue weighted by Gasteiger charge is -2.36. The molecule has 1 saturated heterocycles. The first-order valence-corrected chi connectivity index (χ1v) is 11.6. The summed E-state index contributed by atoms with van der Waals surface area (Å²) in [4.78, 5) is 39.4. The average Bonchev–Trinajstić information content (AvgIpc) is 3.24. The van der Waals surface area contributed by atoms with Crippen LogP contribution < -0.4 is 5.56 Å². The molecular weight excluding hydrogens is 404 g/mol. The second kappa shape index (κ2) is 8.50. The molecule has 0 bridgehead atoms. The van der Waals surface area contributed by atoms with Crippen LogP contribution in [-0.2, 0) is 24.3 Å². The molecule has 0 spiro atoms. The highest BCUT2D eigenvalue weighted by molar-refractivity contribution is 5.78. The Bertz CT molecular complexity index is 1180. The molecule has 1 amide bonds. The Kier molecular flexibility index (Phi) is 5.55. The third-order valence-corrected chi connectivity index (χ3v) is 6.63. The SMILES string of the molecule is CC(C)C(=O)N1CCCC[C@@H]1c1cc2nc3c(c(=O)n2[nH]1)CN(Cc1cccnc1)CC3. The van der Waals surface area contributed by atoms with Crippen molar-refractivity contribution in [1.82, 2.24) is 29.4 Å². The van der Waals surface area contributed by atoms with E-state index in [1.54, 1.807) is 10.7 Å². The quantitative estimate of drug-likeness (QED) is 0.682. The molecule has 0 aromatic carbocycles. The molecule has 5 rings (SSSR count). The third-order valence-electron chi connectivity index (χ3n) is 6.63. The maximum atomic E-state index is 13.4. The van der Waals surface area contributed by atoms with Gasteiger partial charge < -0.3 is 4.90 Å². The van der Waals surface area contributed by atoms with Gasteiger partial charge in [0.15, 0.2) is 5.65 Å². The van der Waals surface area contributed by atoms with Crippen LogP contribution in [0.15, 0.2) is 35.4 Å². The molecule has 0 radical (unpaired) electrons. The lowest BCUT2D eigenvalue weighted by atomic mass is 9.97. The molecular formula is C24H30N6O2. The zero-order chi connectivity index (χ0) is 22.2. The molecule has 2 aliphatic rings. The van der Waals surface area contributed by atoms with E-state index in [1.165, 1.54) is 0 Å². The fourth-order valence-corrected chi connectivity index (χ4v) is 4.96. The van der Waals surface area contributed by atoms with Crippen molar-refractivity contribution in [1.29, 1.82) is 0 Å². The number of aromatic amines is 1. The molecule has 3 aromatic heterocycles. The summed E-state index contributed by atoms with van der Waals surface area (Å²) in [5, 5.41) is 3.29. The lowest BCUT2D eigenvalue weighted by Crippen LogP contribution is -2.41. The van der Waals surface area contributed by atoms with Gasteiger partial charge in [0.05, 0.1) is 23.0 Å². The number of nitrogens with zero attached hydrogens (tertiary/aromatic N) is 5. The van der Waals surface area contributed by atoms with E-state index >= 15 is 0 Å². The van der Waals surface area contributed by atoms with Gasteiger partial charge in [-0.15, -0.1) is 0 Å². The predicted octanol–water partition coefficient (Wildman–Crippen LogP) is 2.69. The number of H-pyrrole nitrogens is 1. The van der Waals surface area contributed by atoms with Crippen LogP contribution in [-0.4, -0.2) is 48.4 Å². The number of amides is 1. The number of aromatic nitrogens is 4. The lowest BCUT2D eigenvalue weighted by molar-refractivity contribution is -0.138.